The Morgan fingerprint density at radius 3 is 2.86 bits per heavy atom. The number of ether oxygens (including phenoxy) is 1. The van der Waals surface area contributed by atoms with Crippen molar-refractivity contribution in [3.63, 3.8) is 0 Å². The van der Waals surface area contributed by atoms with Gasteiger partial charge in [-0.2, -0.15) is 0 Å². The van der Waals surface area contributed by atoms with Gasteiger partial charge in [0.2, 0.25) is 0 Å². The number of pyridine rings is 1. The lowest BCUT2D eigenvalue weighted by Gasteiger charge is -2.14. The molecule has 0 aromatic carbocycles. The first kappa shape index (κ1) is 16.8. The van der Waals surface area contributed by atoms with E-state index < -0.39 is 10.8 Å². The number of methoxy groups -OCH3 is 1. The lowest BCUT2D eigenvalue weighted by atomic mass is 10.2. The molecule has 116 valence electrons. The van der Waals surface area contributed by atoms with E-state index in [9.17, 15) is 14.9 Å². The molecular weight excluding hydrogens is 276 g/mol. The molecular formula is C13H20N4O4. The van der Waals surface area contributed by atoms with Gasteiger partial charge in [-0.1, -0.05) is 6.92 Å². The average molecular weight is 296 g/mol. The van der Waals surface area contributed by atoms with Gasteiger partial charge >= 0.3 is 0 Å². The highest BCUT2D eigenvalue weighted by Gasteiger charge is 2.19. The molecule has 0 spiro atoms. The molecule has 0 saturated heterocycles. The fraction of sp³-hybridized carbons (Fsp3) is 0.538. The first-order valence-electron chi connectivity index (χ1n) is 6.67. The summed E-state index contributed by atoms with van der Waals surface area (Å²) in [7, 11) is 1.53. The largest absolute Gasteiger partial charge is 0.383 e. The van der Waals surface area contributed by atoms with Crippen LogP contribution in [0.15, 0.2) is 12.3 Å². The summed E-state index contributed by atoms with van der Waals surface area (Å²) in [6, 6.07) is 1.01. The van der Waals surface area contributed by atoms with Crippen molar-refractivity contribution in [1.82, 2.24) is 10.3 Å². The van der Waals surface area contributed by atoms with E-state index in [-0.39, 0.29) is 17.3 Å². The molecule has 0 bridgehead atoms. The molecule has 0 aliphatic carbocycles. The Labute approximate surface area is 123 Å². The number of nitrogens with one attached hydrogen (secondary N) is 2. The molecule has 0 aliphatic rings. The van der Waals surface area contributed by atoms with Crippen LogP contribution in [0.4, 0.5) is 11.5 Å². The molecule has 0 fully saturated rings. The molecule has 1 heterocycles. The molecule has 0 saturated carbocycles. The van der Waals surface area contributed by atoms with Gasteiger partial charge in [0.05, 0.1) is 17.1 Å². The summed E-state index contributed by atoms with van der Waals surface area (Å²) >= 11 is 0. The summed E-state index contributed by atoms with van der Waals surface area (Å²) in [5, 5.41) is 16.5. The summed E-state index contributed by atoms with van der Waals surface area (Å²) in [4.78, 5) is 26.4. The molecule has 1 amide bonds. The molecule has 21 heavy (non-hydrogen) atoms. The third-order valence-corrected chi connectivity index (χ3v) is 2.67. The van der Waals surface area contributed by atoms with Crippen molar-refractivity contribution in [3.8, 4) is 0 Å². The number of nitro groups is 1. The number of rotatable bonds is 8. The van der Waals surface area contributed by atoms with Crippen molar-refractivity contribution in [2.45, 2.75) is 26.3 Å². The maximum atomic E-state index is 12.2. The second kappa shape index (κ2) is 8.15. The van der Waals surface area contributed by atoms with Crippen LogP contribution in [0, 0.1) is 10.1 Å². The van der Waals surface area contributed by atoms with E-state index in [1.165, 1.54) is 13.2 Å². The first-order valence-corrected chi connectivity index (χ1v) is 6.67. The molecule has 2 N–H and O–H groups in total. The fourth-order valence-corrected chi connectivity index (χ4v) is 1.70. The van der Waals surface area contributed by atoms with Gasteiger partial charge in [-0.15, -0.1) is 0 Å². The van der Waals surface area contributed by atoms with Gasteiger partial charge < -0.3 is 15.4 Å². The van der Waals surface area contributed by atoms with E-state index in [2.05, 4.69) is 15.6 Å². The SMILES string of the molecule is CCCNc1ncc([N+](=O)[O-])cc1C(=O)NC(C)COC. The quantitative estimate of drug-likeness (QED) is 0.557. The molecule has 8 nitrogen and oxygen atoms in total. The van der Waals surface area contributed by atoms with Crippen LogP contribution in [0.5, 0.6) is 0 Å². The molecule has 1 aromatic heterocycles. The molecule has 0 radical (unpaired) electrons. The van der Waals surface area contributed by atoms with Crippen molar-refractivity contribution in [2.24, 2.45) is 0 Å². The van der Waals surface area contributed by atoms with Gasteiger partial charge in [0, 0.05) is 25.8 Å². The zero-order valence-corrected chi connectivity index (χ0v) is 12.4. The smallest absolute Gasteiger partial charge is 0.288 e. The van der Waals surface area contributed by atoms with Crippen LogP contribution in [0.1, 0.15) is 30.6 Å². The van der Waals surface area contributed by atoms with E-state index in [1.807, 2.05) is 6.92 Å². The van der Waals surface area contributed by atoms with E-state index in [4.69, 9.17) is 4.74 Å². The van der Waals surface area contributed by atoms with E-state index >= 15 is 0 Å². The molecule has 1 unspecified atom stereocenters. The van der Waals surface area contributed by atoms with Gasteiger partial charge in [-0.3, -0.25) is 14.9 Å². The predicted octanol–water partition coefficient (Wildman–Crippen LogP) is 1.58. The topological polar surface area (TPSA) is 106 Å². The lowest BCUT2D eigenvalue weighted by molar-refractivity contribution is -0.385. The zero-order valence-electron chi connectivity index (χ0n) is 12.4. The van der Waals surface area contributed by atoms with Gasteiger partial charge in [-0.05, 0) is 13.3 Å². The molecule has 8 heteroatoms. The number of hydrogen-bond donors (Lipinski definition) is 2. The Balaban J connectivity index is 3.01. The summed E-state index contributed by atoms with van der Waals surface area (Å²) in [6.07, 6.45) is 1.98. The van der Waals surface area contributed by atoms with Crippen LogP contribution in [0.3, 0.4) is 0 Å². The Bertz CT molecular complexity index is 507. The highest BCUT2D eigenvalue weighted by atomic mass is 16.6. The Morgan fingerprint density at radius 2 is 2.29 bits per heavy atom. The predicted molar refractivity (Wildman–Crippen MR) is 78.5 cm³/mol. The number of aromatic nitrogens is 1. The first-order chi connectivity index (χ1) is 9.99. The van der Waals surface area contributed by atoms with Crippen molar-refractivity contribution in [1.29, 1.82) is 0 Å². The standard InChI is InChI=1S/C13H20N4O4/c1-4-5-14-12-11(6-10(7-15-12)17(19)20)13(18)16-9(2)8-21-3/h6-7,9H,4-5,8H2,1-3H3,(H,14,15)(H,16,18). The maximum absolute atomic E-state index is 12.2. The van der Waals surface area contributed by atoms with Crippen molar-refractivity contribution in [2.75, 3.05) is 25.6 Å². The van der Waals surface area contributed by atoms with Crippen molar-refractivity contribution >= 4 is 17.4 Å². The van der Waals surface area contributed by atoms with Crippen LogP contribution in [-0.4, -0.2) is 42.1 Å². The summed E-state index contributed by atoms with van der Waals surface area (Å²) in [6.45, 7) is 4.73. The Kier molecular flexibility index (Phi) is 6.54. The molecule has 1 aromatic rings. The monoisotopic (exact) mass is 296 g/mol. The minimum absolute atomic E-state index is 0.153. The second-order valence-electron chi connectivity index (χ2n) is 4.60. The number of anilines is 1. The third kappa shape index (κ3) is 4.99. The minimum Gasteiger partial charge on any atom is -0.383 e. The number of nitrogens with zero attached hydrogens (tertiary/aromatic N) is 2. The maximum Gasteiger partial charge on any atom is 0.288 e. The number of amides is 1. The zero-order chi connectivity index (χ0) is 15.8. The summed E-state index contributed by atoms with van der Waals surface area (Å²) in [5.74, 6) is -0.0843. The van der Waals surface area contributed by atoms with E-state index in [1.54, 1.807) is 6.92 Å². The van der Waals surface area contributed by atoms with Crippen molar-refractivity contribution in [3.05, 3.63) is 27.9 Å². The van der Waals surface area contributed by atoms with Gasteiger partial charge in [-0.25, -0.2) is 4.98 Å². The number of carbonyl (C=O) groups excluding carboxylic acids is 1. The second-order valence-corrected chi connectivity index (χ2v) is 4.60. The van der Waals surface area contributed by atoms with Crippen LogP contribution >= 0.6 is 0 Å². The molecule has 1 rings (SSSR count). The highest BCUT2D eigenvalue weighted by molar-refractivity contribution is 5.99. The Hall–Kier alpha value is -2.22. The van der Waals surface area contributed by atoms with E-state index in [0.29, 0.717) is 19.0 Å². The van der Waals surface area contributed by atoms with Crippen molar-refractivity contribution < 1.29 is 14.5 Å². The van der Waals surface area contributed by atoms with Crippen LogP contribution in [0.2, 0.25) is 0 Å². The summed E-state index contributed by atoms with van der Waals surface area (Å²) < 4.78 is 4.94. The molecule has 0 aliphatic heterocycles. The van der Waals surface area contributed by atoms with E-state index in [0.717, 1.165) is 12.6 Å². The van der Waals surface area contributed by atoms with Gasteiger partial charge in [0.15, 0.2) is 0 Å². The number of hydrogen-bond acceptors (Lipinski definition) is 6. The van der Waals surface area contributed by atoms with Crippen LogP contribution < -0.4 is 10.6 Å². The number of carbonyl (C=O) groups is 1. The summed E-state index contributed by atoms with van der Waals surface area (Å²) in [5.41, 5.74) is -0.0674. The van der Waals surface area contributed by atoms with Crippen LogP contribution in [-0.2, 0) is 4.74 Å². The van der Waals surface area contributed by atoms with Crippen LogP contribution in [0.25, 0.3) is 0 Å². The normalized spacial score (nSPS) is 11.8. The molecule has 1 atom stereocenters. The third-order valence-electron chi connectivity index (χ3n) is 2.67. The fourth-order valence-electron chi connectivity index (χ4n) is 1.70. The average Bonchev–Trinajstić information content (AvgIpc) is 2.44. The van der Waals surface area contributed by atoms with Gasteiger partial charge in [0.25, 0.3) is 11.6 Å². The Morgan fingerprint density at radius 1 is 1.57 bits per heavy atom. The van der Waals surface area contributed by atoms with Gasteiger partial charge in [0.1, 0.15) is 12.0 Å². The highest BCUT2D eigenvalue weighted by Crippen LogP contribution is 2.19. The minimum atomic E-state index is -0.577. The lowest BCUT2D eigenvalue weighted by Crippen LogP contribution is -2.36.